The van der Waals surface area contributed by atoms with Gasteiger partial charge in [0.25, 0.3) is 5.91 Å². The van der Waals surface area contributed by atoms with Crippen LogP contribution in [0.5, 0.6) is 11.5 Å². The van der Waals surface area contributed by atoms with Crippen LogP contribution in [0, 0.1) is 5.92 Å². The van der Waals surface area contributed by atoms with Gasteiger partial charge in [-0.25, -0.2) is 0 Å². The van der Waals surface area contributed by atoms with Gasteiger partial charge in [0, 0.05) is 18.2 Å². The van der Waals surface area contributed by atoms with E-state index in [-0.39, 0.29) is 24.6 Å². The van der Waals surface area contributed by atoms with E-state index < -0.39 is 30.4 Å². The van der Waals surface area contributed by atoms with Crippen LogP contribution in [0.15, 0.2) is 65.4 Å². The van der Waals surface area contributed by atoms with Crippen molar-refractivity contribution < 1.29 is 33.1 Å². The summed E-state index contributed by atoms with van der Waals surface area (Å²) in [4.78, 5) is 40.0. The standard InChI is InChI=1S/C25H25N3O7/c1-32-18-7-3-16(4-8-18)24-20(25(31)34-15-22(29)26-21-13-14-35-27-21)11-12-23(30)28(24)17-5-9-19(33-2)10-6-17/h3-10,13-14,20,24H,11-12,15H2,1-2H3,(H,26,27,29). The van der Waals surface area contributed by atoms with Crippen molar-refractivity contribution in [2.75, 3.05) is 31.0 Å². The van der Waals surface area contributed by atoms with E-state index in [1.165, 1.54) is 12.3 Å². The van der Waals surface area contributed by atoms with Crippen molar-refractivity contribution in [2.24, 2.45) is 5.92 Å². The van der Waals surface area contributed by atoms with Crippen LogP contribution >= 0.6 is 0 Å². The van der Waals surface area contributed by atoms with Crippen molar-refractivity contribution in [3.63, 3.8) is 0 Å². The second kappa shape index (κ2) is 10.7. The summed E-state index contributed by atoms with van der Waals surface area (Å²) in [5, 5.41) is 6.07. The summed E-state index contributed by atoms with van der Waals surface area (Å²) in [5.41, 5.74) is 1.36. The summed E-state index contributed by atoms with van der Waals surface area (Å²) < 4.78 is 20.5. The molecule has 35 heavy (non-hydrogen) atoms. The summed E-state index contributed by atoms with van der Waals surface area (Å²) in [6, 6.07) is 15.1. The predicted molar refractivity (Wildman–Crippen MR) is 125 cm³/mol. The molecule has 1 fully saturated rings. The molecule has 1 aliphatic rings. The normalized spacial score (nSPS) is 17.5. The van der Waals surface area contributed by atoms with Gasteiger partial charge < -0.3 is 29.0 Å². The average Bonchev–Trinajstić information content (AvgIpc) is 3.40. The molecule has 0 saturated carbocycles. The van der Waals surface area contributed by atoms with Gasteiger partial charge in [0.1, 0.15) is 17.8 Å². The highest BCUT2D eigenvalue weighted by atomic mass is 16.5. The van der Waals surface area contributed by atoms with Crippen molar-refractivity contribution in [3.05, 3.63) is 66.4 Å². The zero-order valence-electron chi connectivity index (χ0n) is 19.3. The number of piperidine rings is 1. The summed E-state index contributed by atoms with van der Waals surface area (Å²) in [6.07, 6.45) is 1.75. The van der Waals surface area contributed by atoms with Gasteiger partial charge in [-0.2, -0.15) is 0 Å². The number of amides is 2. The lowest BCUT2D eigenvalue weighted by atomic mass is 9.83. The first-order valence-electron chi connectivity index (χ1n) is 11.0. The molecule has 2 heterocycles. The summed E-state index contributed by atoms with van der Waals surface area (Å²) in [5.74, 6) is -0.425. The molecule has 2 amide bonds. The molecule has 3 aromatic rings. The molecule has 2 aromatic carbocycles. The lowest BCUT2D eigenvalue weighted by molar-refractivity contribution is -0.153. The SMILES string of the molecule is COc1ccc(C2C(C(=O)OCC(=O)Nc3ccon3)CCC(=O)N2c2ccc(OC)cc2)cc1. The zero-order chi connectivity index (χ0) is 24.8. The average molecular weight is 479 g/mol. The number of anilines is 2. The van der Waals surface area contributed by atoms with E-state index in [2.05, 4.69) is 15.0 Å². The quantitative estimate of drug-likeness (QED) is 0.489. The first-order valence-corrected chi connectivity index (χ1v) is 11.0. The molecule has 0 bridgehead atoms. The largest absolute Gasteiger partial charge is 0.497 e. The molecule has 2 atom stereocenters. The van der Waals surface area contributed by atoms with E-state index in [1.807, 2.05) is 12.1 Å². The minimum atomic E-state index is -0.692. The van der Waals surface area contributed by atoms with Gasteiger partial charge in [0.05, 0.1) is 26.2 Å². The van der Waals surface area contributed by atoms with Crippen molar-refractivity contribution in [3.8, 4) is 11.5 Å². The number of esters is 1. The van der Waals surface area contributed by atoms with E-state index in [4.69, 9.17) is 14.2 Å². The Morgan fingerprint density at radius 2 is 1.69 bits per heavy atom. The molecule has 1 saturated heterocycles. The zero-order valence-corrected chi connectivity index (χ0v) is 19.3. The number of hydrogen-bond acceptors (Lipinski definition) is 8. The summed E-state index contributed by atoms with van der Waals surface area (Å²) in [7, 11) is 3.12. The Hall–Kier alpha value is -4.34. The predicted octanol–water partition coefficient (Wildman–Crippen LogP) is 3.36. The van der Waals surface area contributed by atoms with Crippen LogP contribution in [-0.2, 0) is 19.1 Å². The molecule has 182 valence electrons. The number of nitrogens with one attached hydrogen (secondary N) is 1. The number of benzene rings is 2. The molecular weight excluding hydrogens is 454 g/mol. The molecular formula is C25H25N3O7. The third-order valence-corrected chi connectivity index (χ3v) is 5.76. The molecule has 1 N–H and O–H groups in total. The molecule has 10 nitrogen and oxygen atoms in total. The van der Waals surface area contributed by atoms with Crippen LogP contribution in [0.2, 0.25) is 0 Å². The highest BCUT2D eigenvalue weighted by molar-refractivity contribution is 5.97. The lowest BCUT2D eigenvalue weighted by Gasteiger charge is -2.40. The van der Waals surface area contributed by atoms with Crippen LogP contribution < -0.4 is 19.7 Å². The van der Waals surface area contributed by atoms with E-state index in [0.717, 1.165) is 5.56 Å². The first-order chi connectivity index (χ1) is 17.0. The number of methoxy groups -OCH3 is 2. The van der Waals surface area contributed by atoms with E-state index >= 15 is 0 Å². The summed E-state index contributed by atoms with van der Waals surface area (Å²) in [6.45, 7) is -0.492. The maximum atomic E-state index is 13.2. The number of rotatable bonds is 8. The molecule has 4 rings (SSSR count). The van der Waals surface area contributed by atoms with Gasteiger partial charge in [-0.1, -0.05) is 17.3 Å². The van der Waals surface area contributed by atoms with Crippen LogP contribution in [-0.4, -0.2) is 43.8 Å². The Labute approximate surface area is 201 Å². The monoisotopic (exact) mass is 479 g/mol. The number of carbonyl (C=O) groups is 3. The Kier molecular flexibility index (Phi) is 7.30. The van der Waals surface area contributed by atoms with Crippen molar-refractivity contribution in [1.82, 2.24) is 5.16 Å². The molecule has 2 unspecified atom stereocenters. The van der Waals surface area contributed by atoms with Gasteiger partial charge in [-0.15, -0.1) is 0 Å². The maximum absolute atomic E-state index is 13.2. The minimum Gasteiger partial charge on any atom is -0.497 e. The van der Waals surface area contributed by atoms with Crippen molar-refractivity contribution >= 4 is 29.3 Å². The van der Waals surface area contributed by atoms with Gasteiger partial charge in [0.15, 0.2) is 12.4 Å². The topological polar surface area (TPSA) is 120 Å². The highest BCUT2D eigenvalue weighted by Crippen LogP contribution is 2.41. The molecule has 0 spiro atoms. The number of aromatic nitrogens is 1. The molecule has 1 aromatic heterocycles. The van der Waals surface area contributed by atoms with E-state index in [9.17, 15) is 14.4 Å². The fourth-order valence-electron chi connectivity index (χ4n) is 4.07. The molecule has 10 heteroatoms. The number of nitrogens with zero attached hydrogens (tertiary/aromatic N) is 2. The smallest absolute Gasteiger partial charge is 0.311 e. The van der Waals surface area contributed by atoms with Crippen LogP contribution in [0.1, 0.15) is 24.4 Å². The van der Waals surface area contributed by atoms with E-state index in [0.29, 0.717) is 17.2 Å². The Morgan fingerprint density at radius 3 is 2.29 bits per heavy atom. The number of ether oxygens (including phenoxy) is 3. The second-order valence-corrected chi connectivity index (χ2v) is 7.87. The van der Waals surface area contributed by atoms with Crippen molar-refractivity contribution in [2.45, 2.75) is 18.9 Å². The van der Waals surface area contributed by atoms with Gasteiger partial charge in [-0.05, 0) is 48.4 Å². The van der Waals surface area contributed by atoms with Crippen LogP contribution in [0.4, 0.5) is 11.5 Å². The highest BCUT2D eigenvalue weighted by Gasteiger charge is 2.42. The number of carbonyl (C=O) groups excluding carboxylic acids is 3. The van der Waals surface area contributed by atoms with Gasteiger partial charge >= 0.3 is 5.97 Å². The van der Waals surface area contributed by atoms with Crippen LogP contribution in [0.3, 0.4) is 0 Å². The first kappa shape index (κ1) is 23.8. The Bertz CT molecular complexity index is 1160. The second-order valence-electron chi connectivity index (χ2n) is 7.87. The number of hydrogen-bond donors (Lipinski definition) is 1. The third kappa shape index (κ3) is 5.43. The fraction of sp³-hybridized carbons (Fsp3) is 0.280. The van der Waals surface area contributed by atoms with E-state index in [1.54, 1.807) is 55.5 Å². The van der Waals surface area contributed by atoms with Gasteiger partial charge in [-0.3, -0.25) is 14.4 Å². The molecule has 1 aliphatic heterocycles. The molecule has 0 radical (unpaired) electrons. The van der Waals surface area contributed by atoms with Gasteiger partial charge in [0.2, 0.25) is 5.91 Å². The summed E-state index contributed by atoms with van der Waals surface area (Å²) >= 11 is 0. The molecule has 0 aliphatic carbocycles. The fourth-order valence-corrected chi connectivity index (χ4v) is 4.07. The maximum Gasteiger partial charge on any atom is 0.311 e. The van der Waals surface area contributed by atoms with Crippen LogP contribution in [0.25, 0.3) is 0 Å². The lowest BCUT2D eigenvalue weighted by Crippen LogP contribution is -2.46. The minimum absolute atomic E-state index is 0.121. The Morgan fingerprint density at radius 1 is 1.03 bits per heavy atom. The third-order valence-electron chi connectivity index (χ3n) is 5.76. The Balaban J connectivity index is 1.59. The van der Waals surface area contributed by atoms with Crippen molar-refractivity contribution in [1.29, 1.82) is 0 Å².